The van der Waals surface area contributed by atoms with Crippen LogP contribution in [-0.2, 0) is 14.3 Å². The van der Waals surface area contributed by atoms with E-state index in [1.165, 1.54) is 17.3 Å². The first-order valence-electron chi connectivity index (χ1n) is 19.1. The van der Waals surface area contributed by atoms with Crippen LogP contribution in [0.4, 0.5) is 5.82 Å². The van der Waals surface area contributed by atoms with Gasteiger partial charge in [0.15, 0.2) is 6.23 Å². The number of aromatic nitrogens is 1. The van der Waals surface area contributed by atoms with Crippen molar-refractivity contribution in [1.82, 2.24) is 25.5 Å². The molecule has 0 spiro atoms. The fourth-order valence-electron chi connectivity index (χ4n) is 8.44. The van der Waals surface area contributed by atoms with Gasteiger partial charge in [-0.15, -0.1) is 0 Å². The summed E-state index contributed by atoms with van der Waals surface area (Å²) < 4.78 is 12.1. The summed E-state index contributed by atoms with van der Waals surface area (Å²) in [5.74, 6) is 0.997. The van der Waals surface area contributed by atoms with Crippen molar-refractivity contribution in [3.05, 3.63) is 64.5 Å². The summed E-state index contributed by atoms with van der Waals surface area (Å²) in [5.41, 5.74) is 0.193. The smallest absolute Gasteiger partial charge is 0.253 e. The largest absolute Gasteiger partial charge is 0.492 e. The average Bonchev–Trinajstić information content (AvgIpc) is 3.16. The molecule has 1 saturated carbocycles. The van der Waals surface area contributed by atoms with Crippen LogP contribution in [0.5, 0.6) is 5.75 Å². The summed E-state index contributed by atoms with van der Waals surface area (Å²) in [5, 5.41) is 31.0. The third-order valence-corrected chi connectivity index (χ3v) is 11.5. The van der Waals surface area contributed by atoms with Crippen molar-refractivity contribution in [1.29, 1.82) is 5.26 Å². The van der Waals surface area contributed by atoms with Crippen molar-refractivity contribution >= 4 is 41.4 Å². The Hall–Kier alpha value is -4.71. The molecule has 2 saturated heterocycles. The molecule has 3 amide bonds. The molecule has 1 aliphatic carbocycles. The Bertz CT molecular complexity index is 1820. The molecule has 6 rings (SSSR count). The van der Waals surface area contributed by atoms with Crippen LogP contribution in [-0.4, -0.2) is 108 Å². The van der Waals surface area contributed by atoms with Crippen LogP contribution >= 0.6 is 11.6 Å². The van der Waals surface area contributed by atoms with Gasteiger partial charge >= 0.3 is 0 Å². The average molecular weight is 775 g/mol. The highest BCUT2D eigenvalue weighted by Gasteiger charge is 2.64. The van der Waals surface area contributed by atoms with Crippen molar-refractivity contribution in [3.63, 3.8) is 0 Å². The molecule has 1 aromatic carbocycles. The number of nitrogens with one attached hydrogen (secondary N) is 2. The molecular formula is C40H51ClN8O6. The number of anilines is 1. The first kappa shape index (κ1) is 40.0. The van der Waals surface area contributed by atoms with E-state index in [4.69, 9.17) is 21.1 Å². The van der Waals surface area contributed by atoms with Crippen LogP contribution in [0.15, 0.2) is 53.5 Å². The Balaban J connectivity index is 0.860. The van der Waals surface area contributed by atoms with Crippen LogP contribution in [0.3, 0.4) is 0 Å². The molecule has 0 radical (unpaired) electrons. The standard InChI is InChI=1S/C40H51ClN8O6/c1-39(2)37(40(3,4)38(39)55-28-11-9-26(23-42)30(41)21-28)46-35(52)27-10-13-32(43-24-27)48-18-16-47(17-19-48)15-7-5-6-8-20-54-29-22-34(51)49(44-25-29)31-12-14-33(50)45-36(31)53/h9-11,13,21-22,24-25,31,34,37-38,51H,5-8,12,14-20H2,1-4H3,(H,46,52)(H,45,50,53). The Morgan fingerprint density at radius 1 is 1.07 bits per heavy atom. The number of amides is 3. The first-order valence-corrected chi connectivity index (χ1v) is 19.4. The zero-order valence-corrected chi connectivity index (χ0v) is 32.7. The lowest BCUT2D eigenvalue weighted by Crippen LogP contribution is -2.74. The van der Waals surface area contributed by atoms with E-state index < -0.39 is 18.2 Å². The number of imide groups is 1. The van der Waals surface area contributed by atoms with E-state index in [2.05, 4.69) is 64.3 Å². The van der Waals surface area contributed by atoms with Crippen LogP contribution in [0.1, 0.15) is 82.1 Å². The van der Waals surface area contributed by atoms with Crippen molar-refractivity contribution in [2.45, 2.75) is 90.6 Å². The highest BCUT2D eigenvalue weighted by Crippen LogP contribution is 2.55. The number of aliphatic hydroxyl groups is 1. The maximum atomic E-state index is 13.4. The van der Waals surface area contributed by atoms with E-state index in [0.717, 1.165) is 64.2 Å². The van der Waals surface area contributed by atoms with Crippen LogP contribution < -0.4 is 20.3 Å². The third kappa shape index (κ3) is 9.06. The minimum atomic E-state index is -1.09. The minimum absolute atomic E-state index is 0.140. The number of nitrogens with zero attached hydrogens (tertiary/aromatic N) is 6. The predicted molar refractivity (Wildman–Crippen MR) is 207 cm³/mol. The molecule has 3 aliphatic heterocycles. The maximum absolute atomic E-state index is 13.4. The van der Waals surface area contributed by atoms with Gasteiger partial charge in [0.05, 0.1) is 29.0 Å². The van der Waals surface area contributed by atoms with Gasteiger partial charge in [-0.3, -0.25) is 29.6 Å². The number of piperidine rings is 1. The fraction of sp³-hybridized carbons (Fsp3) is 0.550. The van der Waals surface area contributed by atoms with Gasteiger partial charge in [-0.05, 0) is 50.1 Å². The van der Waals surface area contributed by atoms with Gasteiger partial charge in [0, 0.05) is 67.8 Å². The second-order valence-electron chi connectivity index (χ2n) is 15.9. The van der Waals surface area contributed by atoms with E-state index in [0.29, 0.717) is 40.7 Å². The second kappa shape index (κ2) is 17.0. The zero-order chi connectivity index (χ0) is 39.3. The summed E-state index contributed by atoms with van der Waals surface area (Å²) in [7, 11) is 0. The zero-order valence-electron chi connectivity index (χ0n) is 32.0. The van der Waals surface area contributed by atoms with Crippen LogP contribution in [0.2, 0.25) is 5.02 Å². The van der Waals surface area contributed by atoms with Crippen LogP contribution in [0, 0.1) is 22.2 Å². The van der Waals surface area contributed by atoms with Gasteiger partial charge in [-0.2, -0.15) is 10.4 Å². The topological polar surface area (TPSA) is 173 Å². The summed E-state index contributed by atoms with van der Waals surface area (Å²) >= 11 is 6.23. The minimum Gasteiger partial charge on any atom is -0.492 e. The van der Waals surface area contributed by atoms with E-state index in [-0.39, 0.29) is 41.2 Å². The van der Waals surface area contributed by atoms with E-state index in [1.807, 2.05) is 12.1 Å². The molecule has 1 aromatic heterocycles. The second-order valence-corrected chi connectivity index (χ2v) is 16.3. The molecule has 294 valence electrons. The molecule has 55 heavy (non-hydrogen) atoms. The number of rotatable bonds is 14. The number of allylic oxidation sites excluding steroid dienone is 1. The number of aliphatic hydroxyl groups excluding tert-OH is 1. The number of halogens is 1. The molecule has 14 nitrogen and oxygen atoms in total. The van der Waals surface area contributed by atoms with E-state index in [1.54, 1.807) is 24.4 Å². The number of hydrogen-bond donors (Lipinski definition) is 3. The Morgan fingerprint density at radius 3 is 2.47 bits per heavy atom. The van der Waals surface area contributed by atoms with E-state index in [9.17, 15) is 24.8 Å². The molecule has 2 unspecified atom stereocenters. The molecule has 0 bridgehead atoms. The lowest BCUT2D eigenvalue weighted by Gasteiger charge is -2.63. The molecule has 3 fully saturated rings. The summed E-state index contributed by atoms with van der Waals surface area (Å²) in [6, 6.07) is 10.1. The summed E-state index contributed by atoms with van der Waals surface area (Å²) in [4.78, 5) is 46.3. The maximum Gasteiger partial charge on any atom is 0.253 e. The van der Waals surface area contributed by atoms with Gasteiger partial charge in [-0.1, -0.05) is 52.1 Å². The van der Waals surface area contributed by atoms with Crippen molar-refractivity contribution in [3.8, 4) is 11.8 Å². The molecular weight excluding hydrogens is 724 g/mol. The van der Waals surface area contributed by atoms with Gasteiger partial charge in [0.2, 0.25) is 5.91 Å². The van der Waals surface area contributed by atoms with Gasteiger partial charge in [0.25, 0.3) is 11.8 Å². The van der Waals surface area contributed by atoms with Crippen molar-refractivity contribution in [2.24, 2.45) is 15.9 Å². The number of piperazine rings is 1. The predicted octanol–water partition coefficient (Wildman–Crippen LogP) is 4.23. The van der Waals surface area contributed by atoms with E-state index >= 15 is 0 Å². The van der Waals surface area contributed by atoms with Crippen molar-refractivity contribution in [2.75, 3.05) is 44.2 Å². The number of unbranched alkanes of at least 4 members (excludes halogenated alkanes) is 3. The normalized spacial score (nSPS) is 24.6. The molecule has 15 heteroatoms. The number of carbonyl (C=O) groups excluding carboxylic acids is 3. The monoisotopic (exact) mass is 774 g/mol. The molecule has 3 N–H and O–H groups in total. The summed E-state index contributed by atoms with van der Waals surface area (Å²) in [6.07, 6.45) is 8.01. The fourth-order valence-corrected chi connectivity index (χ4v) is 8.65. The highest BCUT2D eigenvalue weighted by atomic mass is 35.5. The lowest BCUT2D eigenvalue weighted by molar-refractivity contribution is -0.164. The number of benzene rings is 1. The number of pyridine rings is 1. The molecule has 2 atom stereocenters. The number of hydrazone groups is 1. The molecule has 2 aromatic rings. The number of ether oxygens (including phenoxy) is 2. The third-order valence-electron chi connectivity index (χ3n) is 11.2. The number of nitriles is 1. The lowest BCUT2D eigenvalue weighted by atomic mass is 9.49. The van der Waals surface area contributed by atoms with Gasteiger partial charge in [-0.25, -0.2) is 4.98 Å². The van der Waals surface area contributed by atoms with Gasteiger partial charge in [0.1, 0.15) is 35.5 Å². The highest BCUT2D eigenvalue weighted by molar-refractivity contribution is 6.31. The summed E-state index contributed by atoms with van der Waals surface area (Å²) in [6.45, 7) is 13.5. The molecule has 4 heterocycles. The number of hydrogen-bond acceptors (Lipinski definition) is 12. The Labute approximate surface area is 327 Å². The number of carbonyl (C=O) groups is 3. The first-order chi connectivity index (χ1) is 26.3. The van der Waals surface area contributed by atoms with Gasteiger partial charge < -0.3 is 24.8 Å². The Kier molecular flexibility index (Phi) is 12.3. The Morgan fingerprint density at radius 2 is 1.82 bits per heavy atom. The molecule has 4 aliphatic rings. The van der Waals surface area contributed by atoms with Crippen LogP contribution in [0.25, 0.3) is 0 Å². The van der Waals surface area contributed by atoms with Crippen molar-refractivity contribution < 1.29 is 29.0 Å². The quantitative estimate of drug-likeness (QED) is 0.185. The SMILES string of the molecule is CC1(C)C(NC(=O)c2ccc(N3CCN(CCCCCCOC4=CC(O)N(C5CCC(=O)NC5=O)N=C4)CC3)nc2)C(C)(C)C1Oc1ccc(C#N)c(Cl)c1.